The Kier molecular flexibility index (Phi) is 6.00. The number of nitrogens with one attached hydrogen (secondary N) is 1. The van der Waals surface area contributed by atoms with Gasteiger partial charge in [-0.25, -0.2) is 22.7 Å². The van der Waals surface area contributed by atoms with E-state index in [4.69, 9.17) is 5.21 Å². The van der Waals surface area contributed by atoms with Crippen LogP contribution in [0.15, 0.2) is 47.4 Å². The van der Waals surface area contributed by atoms with E-state index < -0.39 is 38.4 Å². The molecule has 1 aliphatic heterocycles. The van der Waals surface area contributed by atoms with E-state index in [2.05, 4.69) is 0 Å². The second-order valence-electron chi connectivity index (χ2n) is 7.13. The topological polar surface area (TPSA) is 86.7 Å². The maximum Gasteiger partial charge on any atom is 0.263 e. The smallest absolute Gasteiger partial charge is 0.263 e. The highest BCUT2D eigenvalue weighted by Crippen LogP contribution is 2.38. The summed E-state index contributed by atoms with van der Waals surface area (Å²) in [5, 5.41) is 9.09. The average molecular weight is 443 g/mol. The SMILES string of the molecule is CC1(C)SCCN(S(=O)(=O)c2ccc(-c3cc(F)cc(F)c3)cc2)[C@H]1C(=O)NO. The highest BCUT2D eigenvalue weighted by Gasteiger charge is 2.48. The standard InChI is InChI=1S/C19H20F2N2O4S2/c1-19(2)17(18(24)22-25)23(7-8-28-19)29(26,27)16-5-3-12(4-6-16)13-9-14(20)11-15(21)10-13/h3-6,9-11,17,25H,7-8H2,1-2H3,(H,22,24)/t17-/m0/s1. The summed E-state index contributed by atoms with van der Waals surface area (Å²) in [5.74, 6) is -1.79. The number of benzene rings is 2. The Morgan fingerprint density at radius 1 is 1.14 bits per heavy atom. The van der Waals surface area contributed by atoms with E-state index in [-0.39, 0.29) is 17.0 Å². The first-order valence-corrected chi connectivity index (χ1v) is 11.1. The van der Waals surface area contributed by atoms with E-state index in [9.17, 15) is 22.0 Å². The summed E-state index contributed by atoms with van der Waals surface area (Å²) in [6.07, 6.45) is 0. The van der Waals surface area contributed by atoms with Crippen molar-refractivity contribution in [2.45, 2.75) is 29.5 Å². The number of rotatable bonds is 4. The maximum absolute atomic E-state index is 13.4. The Balaban J connectivity index is 1.97. The van der Waals surface area contributed by atoms with E-state index in [0.29, 0.717) is 11.3 Å². The van der Waals surface area contributed by atoms with Crippen LogP contribution in [0.3, 0.4) is 0 Å². The summed E-state index contributed by atoms with van der Waals surface area (Å²) in [6, 6.07) is 7.51. The predicted octanol–water partition coefficient (Wildman–Crippen LogP) is 3.02. The molecule has 2 N–H and O–H groups in total. The minimum atomic E-state index is -4.05. The predicted molar refractivity (Wildman–Crippen MR) is 106 cm³/mol. The van der Waals surface area contributed by atoms with Crippen LogP contribution in [-0.2, 0) is 14.8 Å². The van der Waals surface area contributed by atoms with E-state index in [1.165, 1.54) is 36.0 Å². The first kappa shape index (κ1) is 21.7. The van der Waals surface area contributed by atoms with Gasteiger partial charge in [0.1, 0.15) is 17.7 Å². The molecule has 6 nitrogen and oxygen atoms in total. The van der Waals surface area contributed by atoms with Gasteiger partial charge in [0, 0.05) is 23.1 Å². The zero-order chi connectivity index (χ0) is 21.4. The first-order valence-electron chi connectivity index (χ1n) is 8.72. The number of nitrogens with zero attached hydrogens (tertiary/aromatic N) is 1. The number of sulfonamides is 1. The number of halogens is 2. The number of hydrogen-bond acceptors (Lipinski definition) is 5. The van der Waals surface area contributed by atoms with Gasteiger partial charge in [-0.05, 0) is 49.2 Å². The van der Waals surface area contributed by atoms with Gasteiger partial charge in [-0.3, -0.25) is 10.0 Å². The van der Waals surface area contributed by atoms with Crippen molar-refractivity contribution in [3.63, 3.8) is 0 Å². The lowest BCUT2D eigenvalue weighted by atomic mass is 10.0. The average Bonchev–Trinajstić information content (AvgIpc) is 2.66. The number of hydrogen-bond donors (Lipinski definition) is 2. The minimum absolute atomic E-state index is 0.0587. The Morgan fingerprint density at radius 3 is 2.28 bits per heavy atom. The fourth-order valence-corrected chi connectivity index (χ4v) is 6.50. The quantitative estimate of drug-likeness (QED) is 0.562. The molecule has 0 saturated carbocycles. The second kappa shape index (κ2) is 8.02. The number of amides is 1. The molecular weight excluding hydrogens is 422 g/mol. The Hall–Kier alpha value is -2.01. The molecular formula is C19H20F2N2O4S2. The molecule has 1 heterocycles. The molecule has 29 heavy (non-hydrogen) atoms. The summed E-state index contributed by atoms with van der Waals surface area (Å²) in [7, 11) is -4.05. The van der Waals surface area contributed by atoms with Crippen molar-refractivity contribution in [1.82, 2.24) is 9.79 Å². The number of carbonyl (C=O) groups is 1. The number of carbonyl (C=O) groups excluding carboxylic acids is 1. The zero-order valence-electron chi connectivity index (χ0n) is 15.7. The van der Waals surface area contributed by atoms with Crippen LogP contribution in [0.25, 0.3) is 11.1 Å². The molecule has 1 amide bonds. The first-order chi connectivity index (χ1) is 13.6. The van der Waals surface area contributed by atoms with Gasteiger partial charge in [-0.15, -0.1) is 0 Å². The Labute approximate surface area is 171 Å². The summed E-state index contributed by atoms with van der Waals surface area (Å²) in [6.45, 7) is 3.58. The fraction of sp³-hybridized carbons (Fsp3) is 0.316. The molecule has 0 unspecified atom stereocenters. The molecule has 0 spiro atoms. The molecule has 0 bridgehead atoms. The van der Waals surface area contributed by atoms with Gasteiger partial charge in [0.25, 0.3) is 5.91 Å². The van der Waals surface area contributed by atoms with Crippen LogP contribution >= 0.6 is 11.8 Å². The summed E-state index contributed by atoms with van der Waals surface area (Å²) in [5.41, 5.74) is 2.28. The Morgan fingerprint density at radius 2 is 1.72 bits per heavy atom. The van der Waals surface area contributed by atoms with Crippen LogP contribution in [0, 0.1) is 11.6 Å². The van der Waals surface area contributed by atoms with Gasteiger partial charge in [-0.2, -0.15) is 16.1 Å². The van der Waals surface area contributed by atoms with E-state index in [0.717, 1.165) is 22.5 Å². The van der Waals surface area contributed by atoms with Gasteiger partial charge < -0.3 is 0 Å². The molecule has 10 heteroatoms. The van der Waals surface area contributed by atoms with Crippen molar-refractivity contribution >= 4 is 27.7 Å². The lowest BCUT2D eigenvalue weighted by molar-refractivity contribution is -0.134. The van der Waals surface area contributed by atoms with Gasteiger partial charge in [0.15, 0.2) is 0 Å². The van der Waals surface area contributed by atoms with Crippen molar-refractivity contribution in [3.05, 3.63) is 54.1 Å². The van der Waals surface area contributed by atoms with Gasteiger partial charge in [0.2, 0.25) is 10.0 Å². The van der Waals surface area contributed by atoms with Gasteiger partial charge in [-0.1, -0.05) is 12.1 Å². The molecule has 0 radical (unpaired) electrons. The third-order valence-corrected chi connectivity index (χ3v) is 7.98. The van der Waals surface area contributed by atoms with Crippen molar-refractivity contribution in [2.24, 2.45) is 0 Å². The largest absolute Gasteiger partial charge is 0.289 e. The molecule has 3 rings (SSSR count). The zero-order valence-corrected chi connectivity index (χ0v) is 17.4. The van der Waals surface area contributed by atoms with Crippen LogP contribution in [0.4, 0.5) is 8.78 Å². The third kappa shape index (κ3) is 4.30. The van der Waals surface area contributed by atoms with Crippen molar-refractivity contribution in [1.29, 1.82) is 0 Å². The number of hydroxylamine groups is 1. The van der Waals surface area contributed by atoms with E-state index in [1.807, 2.05) is 0 Å². The van der Waals surface area contributed by atoms with Crippen molar-refractivity contribution in [3.8, 4) is 11.1 Å². The molecule has 1 fully saturated rings. The van der Waals surface area contributed by atoms with Crippen molar-refractivity contribution in [2.75, 3.05) is 12.3 Å². The van der Waals surface area contributed by atoms with Crippen LogP contribution in [0.1, 0.15) is 13.8 Å². The van der Waals surface area contributed by atoms with Crippen LogP contribution in [0.2, 0.25) is 0 Å². The molecule has 2 aromatic rings. The molecule has 1 saturated heterocycles. The summed E-state index contributed by atoms with van der Waals surface area (Å²) >= 11 is 1.44. The normalized spacial score (nSPS) is 19.7. The molecule has 0 aromatic heterocycles. The molecule has 1 atom stereocenters. The fourth-order valence-electron chi connectivity index (χ4n) is 3.40. The lowest BCUT2D eigenvalue weighted by Crippen LogP contribution is -2.61. The Bertz CT molecular complexity index is 1010. The van der Waals surface area contributed by atoms with E-state index in [1.54, 1.807) is 19.3 Å². The third-order valence-electron chi connectivity index (χ3n) is 4.75. The summed E-state index contributed by atoms with van der Waals surface area (Å²) < 4.78 is 53.6. The second-order valence-corrected chi connectivity index (χ2v) is 10.8. The maximum atomic E-state index is 13.4. The van der Waals surface area contributed by atoms with Crippen LogP contribution in [-0.4, -0.2) is 46.9 Å². The van der Waals surface area contributed by atoms with Crippen LogP contribution < -0.4 is 5.48 Å². The lowest BCUT2D eigenvalue weighted by Gasteiger charge is -2.43. The minimum Gasteiger partial charge on any atom is -0.289 e. The summed E-state index contributed by atoms with van der Waals surface area (Å²) in [4.78, 5) is 12.2. The van der Waals surface area contributed by atoms with Gasteiger partial charge >= 0.3 is 0 Å². The molecule has 2 aromatic carbocycles. The molecule has 156 valence electrons. The highest BCUT2D eigenvalue weighted by molar-refractivity contribution is 8.00. The number of thioether (sulfide) groups is 1. The van der Waals surface area contributed by atoms with E-state index >= 15 is 0 Å². The van der Waals surface area contributed by atoms with Crippen LogP contribution in [0.5, 0.6) is 0 Å². The van der Waals surface area contributed by atoms with Crippen molar-refractivity contribution < 1.29 is 27.2 Å². The van der Waals surface area contributed by atoms with Gasteiger partial charge in [0.05, 0.1) is 4.90 Å². The molecule has 0 aliphatic carbocycles. The highest BCUT2D eigenvalue weighted by atomic mass is 32.2. The molecule has 1 aliphatic rings. The monoisotopic (exact) mass is 442 g/mol.